The summed E-state index contributed by atoms with van der Waals surface area (Å²) in [6.07, 6.45) is -2.96. The Kier molecular flexibility index (Phi) is 8.01. The Bertz CT molecular complexity index is 1160. The maximum absolute atomic E-state index is 12.7. The number of aromatic carboxylic acids is 1. The van der Waals surface area contributed by atoms with Crippen molar-refractivity contribution in [3.63, 3.8) is 0 Å². The van der Waals surface area contributed by atoms with E-state index in [2.05, 4.69) is 10.5 Å². The summed E-state index contributed by atoms with van der Waals surface area (Å²) in [6.45, 7) is 2.29. The predicted octanol–water partition coefficient (Wildman–Crippen LogP) is 6.48. The number of ether oxygens (including phenoxy) is 2. The lowest BCUT2D eigenvalue weighted by atomic mass is 10.1. The monoisotopic (exact) mass is 492 g/mol. The lowest BCUT2D eigenvalue weighted by Crippen LogP contribution is -2.04. The highest BCUT2D eigenvalue weighted by Gasteiger charge is 2.29. The van der Waals surface area contributed by atoms with Gasteiger partial charge in [0.05, 0.1) is 34.7 Å². The number of rotatable bonds is 9. The second kappa shape index (κ2) is 10.9. The summed E-state index contributed by atoms with van der Waals surface area (Å²) in [4.78, 5) is 11.0. The third-order valence-corrected chi connectivity index (χ3v) is 4.82. The van der Waals surface area contributed by atoms with Crippen molar-refractivity contribution < 1.29 is 32.5 Å². The molecule has 0 radical (unpaired) electrons. The van der Waals surface area contributed by atoms with Crippen LogP contribution in [0, 0.1) is 0 Å². The summed E-state index contributed by atoms with van der Waals surface area (Å²) in [5.41, 5.74) is 3.79. The van der Waals surface area contributed by atoms with Crippen molar-refractivity contribution in [1.82, 2.24) is 0 Å². The van der Waals surface area contributed by atoms with Crippen LogP contribution in [0.2, 0.25) is 5.02 Å². The van der Waals surface area contributed by atoms with E-state index in [9.17, 15) is 18.0 Å². The van der Waals surface area contributed by atoms with E-state index in [1.165, 1.54) is 30.5 Å². The van der Waals surface area contributed by atoms with Crippen LogP contribution in [0.5, 0.6) is 11.5 Å². The molecule has 178 valence electrons. The lowest BCUT2D eigenvalue weighted by molar-refractivity contribution is -0.137. The molecule has 0 saturated carbocycles. The van der Waals surface area contributed by atoms with Crippen LogP contribution < -0.4 is 14.9 Å². The predicted molar refractivity (Wildman–Crippen MR) is 123 cm³/mol. The number of nitrogens with one attached hydrogen (secondary N) is 1. The minimum atomic E-state index is -4.40. The number of nitrogens with zero attached hydrogens (tertiary/aromatic N) is 1. The third-order valence-electron chi connectivity index (χ3n) is 4.54. The largest absolute Gasteiger partial charge is 0.490 e. The number of halogens is 4. The average Bonchev–Trinajstić information content (AvgIpc) is 2.79. The third kappa shape index (κ3) is 6.64. The molecular formula is C24H20ClF3N2O4. The molecular weight excluding hydrogens is 473 g/mol. The molecule has 0 spiro atoms. The van der Waals surface area contributed by atoms with E-state index < -0.39 is 17.7 Å². The van der Waals surface area contributed by atoms with Crippen LogP contribution in [-0.2, 0) is 12.8 Å². The normalized spacial score (nSPS) is 11.4. The van der Waals surface area contributed by atoms with Crippen molar-refractivity contribution >= 4 is 29.5 Å². The van der Waals surface area contributed by atoms with Crippen molar-refractivity contribution in [2.75, 3.05) is 12.0 Å². The molecule has 0 aliphatic carbocycles. The summed E-state index contributed by atoms with van der Waals surface area (Å²) >= 11 is 6.39. The van der Waals surface area contributed by atoms with Crippen LogP contribution in [0.4, 0.5) is 18.9 Å². The summed E-state index contributed by atoms with van der Waals surface area (Å²) in [5.74, 6) is -0.314. The number of carboxylic acids is 1. The summed E-state index contributed by atoms with van der Waals surface area (Å²) in [5, 5.41) is 13.3. The molecule has 0 aliphatic heterocycles. The van der Waals surface area contributed by atoms with Gasteiger partial charge in [0.1, 0.15) is 6.61 Å². The maximum Gasteiger partial charge on any atom is 0.416 e. The standard InChI is InChI=1S/C24H20ClF3N2O4/c1-2-33-21-12-16(13-29-30-19-9-7-18(8-10-19)24(26,27)28)11-20(25)22(21)34-14-15-3-5-17(6-4-15)23(31)32/h3-13,30H,2,14H2,1H3,(H,31,32)/b29-13+. The molecule has 0 aliphatic rings. The van der Waals surface area contributed by atoms with Gasteiger partial charge >= 0.3 is 12.1 Å². The molecule has 10 heteroatoms. The van der Waals surface area contributed by atoms with E-state index in [1.807, 2.05) is 0 Å². The molecule has 3 aromatic carbocycles. The number of anilines is 1. The van der Waals surface area contributed by atoms with Gasteiger partial charge in [-0.3, -0.25) is 5.43 Å². The fourth-order valence-corrected chi connectivity index (χ4v) is 3.15. The number of hydrogen-bond donors (Lipinski definition) is 2. The van der Waals surface area contributed by atoms with Gasteiger partial charge < -0.3 is 14.6 Å². The summed E-state index contributed by atoms with van der Waals surface area (Å²) in [7, 11) is 0. The summed E-state index contributed by atoms with van der Waals surface area (Å²) < 4.78 is 49.4. The second-order valence-electron chi connectivity index (χ2n) is 7.00. The molecule has 3 aromatic rings. The van der Waals surface area contributed by atoms with E-state index in [4.69, 9.17) is 26.2 Å². The first kappa shape index (κ1) is 24.9. The molecule has 6 nitrogen and oxygen atoms in total. The second-order valence-corrected chi connectivity index (χ2v) is 7.41. The van der Waals surface area contributed by atoms with Crippen molar-refractivity contribution in [3.05, 3.63) is 87.9 Å². The van der Waals surface area contributed by atoms with E-state index in [0.717, 1.165) is 17.7 Å². The molecule has 2 N–H and O–H groups in total. The Balaban J connectivity index is 1.70. The highest BCUT2D eigenvalue weighted by Crippen LogP contribution is 2.37. The zero-order valence-corrected chi connectivity index (χ0v) is 18.7. The molecule has 0 unspecified atom stereocenters. The molecule has 3 rings (SSSR count). The van der Waals surface area contributed by atoms with Gasteiger partial charge in [-0.15, -0.1) is 0 Å². The van der Waals surface area contributed by atoms with Crippen LogP contribution in [-0.4, -0.2) is 23.9 Å². The number of carbonyl (C=O) groups is 1. The molecule has 0 fully saturated rings. The van der Waals surface area contributed by atoms with Crippen molar-refractivity contribution in [3.8, 4) is 11.5 Å². The van der Waals surface area contributed by atoms with Crippen LogP contribution in [0.3, 0.4) is 0 Å². The Labute approximate surface area is 198 Å². The quantitative estimate of drug-likeness (QED) is 0.264. The number of alkyl halides is 3. The fraction of sp³-hybridized carbons (Fsp3) is 0.167. The van der Waals surface area contributed by atoms with Gasteiger partial charge in [0.15, 0.2) is 11.5 Å². The summed E-state index contributed by atoms with van der Waals surface area (Å²) in [6, 6.07) is 14.0. The van der Waals surface area contributed by atoms with Crippen LogP contribution in [0.1, 0.15) is 34.0 Å². The van der Waals surface area contributed by atoms with E-state index in [1.54, 1.807) is 31.2 Å². The zero-order valence-electron chi connectivity index (χ0n) is 17.9. The number of benzene rings is 3. The van der Waals surface area contributed by atoms with Crippen LogP contribution in [0.15, 0.2) is 65.8 Å². The first-order chi connectivity index (χ1) is 16.2. The van der Waals surface area contributed by atoms with Crippen molar-refractivity contribution in [2.45, 2.75) is 19.7 Å². The first-order valence-electron chi connectivity index (χ1n) is 10.0. The van der Waals surface area contributed by atoms with Gasteiger partial charge in [-0.1, -0.05) is 23.7 Å². The molecule has 0 bridgehead atoms. The molecule has 0 aromatic heterocycles. The molecule has 0 saturated heterocycles. The topological polar surface area (TPSA) is 80.1 Å². The number of hydrazone groups is 1. The molecule has 34 heavy (non-hydrogen) atoms. The Hall–Kier alpha value is -3.72. The average molecular weight is 493 g/mol. The minimum absolute atomic E-state index is 0.141. The highest BCUT2D eigenvalue weighted by molar-refractivity contribution is 6.32. The van der Waals surface area contributed by atoms with Crippen LogP contribution in [0.25, 0.3) is 0 Å². The van der Waals surface area contributed by atoms with Crippen molar-refractivity contribution in [1.29, 1.82) is 0 Å². The van der Waals surface area contributed by atoms with E-state index in [-0.39, 0.29) is 17.2 Å². The van der Waals surface area contributed by atoms with Gasteiger partial charge in [0, 0.05) is 0 Å². The van der Waals surface area contributed by atoms with Crippen molar-refractivity contribution in [2.24, 2.45) is 5.10 Å². The zero-order chi connectivity index (χ0) is 24.7. The fourth-order valence-electron chi connectivity index (χ4n) is 2.88. The highest BCUT2D eigenvalue weighted by atomic mass is 35.5. The molecule has 0 atom stereocenters. The lowest BCUT2D eigenvalue weighted by Gasteiger charge is -2.14. The van der Waals surface area contributed by atoms with Gasteiger partial charge in [-0.25, -0.2) is 4.79 Å². The minimum Gasteiger partial charge on any atom is -0.490 e. The van der Waals surface area contributed by atoms with Gasteiger partial charge in [-0.2, -0.15) is 18.3 Å². The Morgan fingerprint density at radius 1 is 1.09 bits per heavy atom. The van der Waals surface area contributed by atoms with E-state index in [0.29, 0.717) is 29.4 Å². The van der Waals surface area contributed by atoms with Gasteiger partial charge in [0.25, 0.3) is 0 Å². The smallest absolute Gasteiger partial charge is 0.416 e. The van der Waals surface area contributed by atoms with Crippen LogP contribution >= 0.6 is 11.6 Å². The molecule has 0 heterocycles. The molecule has 0 amide bonds. The van der Waals surface area contributed by atoms with Gasteiger partial charge in [0.2, 0.25) is 0 Å². The first-order valence-corrected chi connectivity index (χ1v) is 10.4. The number of hydrogen-bond acceptors (Lipinski definition) is 5. The van der Waals surface area contributed by atoms with E-state index >= 15 is 0 Å². The Morgan fingerprint density at radius 2 is 1.76 bits per heavy atom. The SMILES string of the molecule is CCOc1cc(/C=N/Nc2ccc(C(F)(F)F)cc2)cc(Cl)c1OCc1ccc(C(=O)O)cc1. The Morgan fingerprint density at radius 3 is 2.35 bits per heavy atom. The number of carboxylic acid groups (broad SMARTS) is 1. The maximum atomic E-state index is 12.7. The van der Waals surface area contributed by atoms with Gasteiger partial charge in [-0.05, 0) is 66.6 Å².